The van der Waals surface area contributed by atoms with E-state index in [0.29, 0.717) is 17.1 Å². The molecule has 0 atom stereocenters. The first-order chi connectivity index (χ1) is 14.1. The molecule has 0 aliphatic carbocycles. The normalized spacial score (nSPS) is 11.1. The zero-order chi connectivity index (χ0) is 21.2. The van der Waals surface area contributed by atoms with Gasteiger partial charge in [0.1, 0.15) is 17.2 Å². The molecule has 0 bridgehead atoms. The van der Waals surface area contributed by atoms with Crippen LogP contribution < -0.4 is 14.2 Å². The van der Waals surface area contributed by atoms with Gasteiger partial charge in [-0.25, -0.2) is 0 Å². The Morgan fingerprint density at radius 1 is 0.966 bits per heavy atom. The molecule has 0 aliphatic rings. The van der Waals surface area contributed by atoms with Crippen LogP contribution in [-0.2, 0) is 15.9 Å². The molecule has 0 heterocycles. The van der Waals surface area contributed by atoms with E-state index in [-0.39, 0.29) is 5.78 Å². The molecule has 6 heteroatoms. The second kappa shape index (κ2) is 11.2. The van der Waals surface area contributed by atoms with E-state index in [1.165, 1.54) is 20.3 Å². The molecule has 0 aromatic heterocycles. The van der Waals surface area contributed by atoms with Gasteiger partial charge in [0.15, 0.2) is 5.78 Å². The highest BCUT2D eigenvalue weighted by Gasteiger charge is 2.13. The molecule has 6 nitrogen and oxygen atoms in total. The van der Waals surface area contributed by atoms with Crippen molar-refractivity contribution in [3.05, 3.63) is 59.2 Å². The Labute approximate surface area is 172 Å². The van der Waals surface area contributed by atoms with Crippen LogP contribution in [0.4, 0.5) is 0 Å². The summed E-state index contributed by atoms with van der Waals surface area (Å²) in [5, 5.41) is 0. The van der Waals surface area contributed by atoms with Crippen LogP contribution in [0.2, 0.25) is 0 Å². The average Bonchev–Trinajstić information content (AvgIpc) is 2.76. The molecule has 0 spiro atoms. The third kappa shape index (κ3) is 5.82. The van der Waals surface area contributed by atoms with E-state index in [4.69, 9.17) is 23.7 Å². The number of ether oxygens (including phenoxy) is 5. The van der Waals surface area contributed by atoms with Crippen molar-refractivity contribution in [1.29, 1.82) is 0 Å². The van der Waals surface area contributed by atoms with Crippen molar-refractivity contribution in [2.45, 2.75) is 26.2 Å². The SMILES string of the molecule is CCCc1ccc(OC)c(/C=C/C(=O)c2ccc(OC(OC)OC)cc2)c1OC. The van der Waals surface area contributed by atoms with Crippen molar-refractivity contribution < 1.29 is 28.5 Å². The van der Waals surface area contributed by atoms with Gasteiger partial charge in [0.25, 0.3) is 0 Å². The number of carbonyl (C=O) groups excluding carboxylic acids is 1. The van der Waals surface area contributed by atoms with Crippen LogP contribution in [-0.4, -0.2) is 40.7 Å². The molecule has 0 aliphatic heterocycles. The fraction of sp³-hybridized carbons (Fsp3) is 0.348. The van der Waals surface area contributed by atoms with Crippen molar-refractivity contribution in [3.63, 3.8) is 0 Å². The number of aryl methyl sites for hydroxylation is 1. The summed E-state index contributed by atoms with van der Waals surface area (Å²) in [4.78, 5) is 12.6. The van der Waals surface area contributed by atoms with Gasteiger partial charge in [0.2, 0.25) is 0 Å². The molecule has 0 amide bonds. The van der Waals surface area contributed by atoms with Gasteiger partial charge in [-0.1, -0.05) is 19.4 Å². The Balaban J connectivity index is 2.23. The van der Waals surface area contributed by atoms with Gasteiger partial charge in [0, 0.05) is 19.8 Å². The van der Waals surface area contributed by atoms with Gasteiger partial charge in [-0.2, -0.15) is 0 Å². The van der Waals surface area contributed by atoms with E-state index >= 15 is 0 Å². The topological polar surface area (TPSA) is 63.2 Å². The summed E-state index contributed by atoms with van der Waals surface area (Å²) >= 11 is 0. The maximum Gasteiger partial charge on any atom is 0.315 e. The number of methoxy groups -OCH3 is 4. The molecule has 0 saturated carbocycles. The molecule has 156 valence electrons. The Morgan fingerprint density at radius 3 is 2.21 bits per heavy atom. The molecular weight excluding hydrogens is 372 g/mol. The van der Waals surface area contributed by atoms with Gasteiger partial charge in [-0.3, -0.25) is 4.79 Å². The maximum absolute atomic E-state index is 12.6. The number of hydrogen-bond acceptors (Lipinski definition) is 6. The van der Waals surface area contributed by atoms with E-state index in [2.05, 4.69) is 6.92 Å². The van der Waals surface area contributed by atoms with Crippen molar-refractivity contribution >= 4 is 11.9 Å². The summed E-state index contributed by atoms with van der Waals surface area (Å²) in [6.07, 6.45) is 5.12. The molecule has 2 aromatic carbocycles. The van der Waals surface area contributed by atoms with Gasteiger partial charge in [-0.05, 0) is 54.5 Å². The van der Waals surface area contributed by atoms with Crippen molar-refractivity contribution in [3.8, 4) is 17.2 Å². The summed E-state index contributed by atoms with van der Waals surface area (Å²) in [5.74, 6) is 1.77. The second-order valence-electron chi connectivity index (χ2n) is 6.22. The van der Waals surface area contributed by atoms with Crippen molar-refractivity contribution in [1.82, 2.24) is 0 Å². The molecule has 0 N–H and O–H groups in total. The van der Waals surface area contributed by atoms with Crippen LogP contribution in [0, 0.1) is 0 Å². The average molecular weight is 400 g/mol. The highest BCUT2D eigenvalue weighted by Crippen LogP contribution is 2.34. The number of benzene rings is 2. The highest BCUT2D eigenvalue weighted by atomic mass is 16.8. The van der Waals surface area contributed by atoms with Crippen molar-refractivity contribution in [2.75, 3.05) is 28.4 Å². The van der Waals surface area contributed by atoms with Crippen LogP contribution in [0.25, 0.3) is 6.08 Å². The van der Waals surface area contributed by atoms with Gasteiger partial charge in [0.05, 0.1) is 19.8 Å². The molecule has 0 radical (unpaired) electrons. The van der Waals surface area contributed by atoms with E-state index in [1.807, 2.05) is 12.1 Å². The first-order valence-corrected chi connectivity index (χ1v) is 9.36. The highest BCUT2D eigenvalue weighted by molar-refractivity contribution is 6.07. The van der Waals surface area contributed by atoms with Crippen LogP contribution >= 0.6 is 0 Å². The smallest absolute Gasteiger partial charge is 0.315 e. The second-order valence-corrected chi connectivity index (χ2v) is 6.22. The molecule has 2 aromatic rings. The summed E-state index contributed by atoms with van der Waals surface area (Å²) < 4.78 is 26.5. The lowest BCUT2D eigenvalue weighted by atomic mass is 10.0. The predicted octanol–water partition coefficient (Wildman–Crippen LogP) is 4.51. The summed E-state index contributed by atoms with van der Waals surface area (Å²) in [6.45, 7) is 1.31. The maximum atomic E-state index is 12.6. The first kappa shape index (κ1) is 22.5. The molecular formula is C23H28O6. The summed E-state index contributed by atoms with van der Waals surface area (Å²) in [6, 6.07) is 10.6. The number of rotatable bonds is 11. The third-order valence-corrected chi connectivity index (χ3v) is 4.34. The quantitative estimate of drug-likeness (QED) is 0.314. The summed E-state index contributed by atoms with van der Waals surface area (Å²) in [7, 11) is 6.18. The molecule has 2 rings (SSSR count). The minimum absolute atomic E-state index is 0.142. The molecule has 0 fully saturated rings. The molecule has 0 saturated heterocycles. The zero-order valence-electron chi connectivity index (χ0n) is 17.6. The van der Waals surface area contributed by atoms with Crippen LogP contribution in [0.3, 0.4) is 0 Å². The number of ketones is 1. The van der Waals surface area contributed by atoms with E-state index in [0.717, 1.165) is 29.7 Å². The Kier molecular flexibility index (Phi) is 8.70. The van der Waals surface area contributed by atoms with Crippen LogP contribution in [0.1, 0.15) is 34.8 Å². The van der Waals surface area contributed by atoms with E-state index in [1.54, 1.807) is 44.6 Å². The first-order valence-electron chi connectivity index (χ1n) is 9.36. The Morgan fingerprint density at radius 2 is 1.66 bits per heavy atom. The van der Waals surface area contributed by atoms with Gasteiger partial charge < -0.3 is 23.7 Å². The lowest BCUT2D eigenvalue weighted by Gasteiger charge is -2.15. The fourth-order valence-corrected chi connectivity index (χ4v) is 2.93. The minimum Gasteiger partial charge on any atom is -0.496 e. The number of allylic oxidation sites excluding steroid dienone is 1. The van der Waals surface area contributed by atoms with Crippen LogP contribution in [0.15, 0.2) is 42.5 Å². The van der Waals surface area contributed by atoms with E-state index in [9.17, 15) is 4.79 Å². The Hall–Kier alpha value is -2.83. The predicted molar refractivity (Wildman–Crippen MR) is 112 cm³/mol. The summed E-state index contributed by atoms with van der Waals surface area (Å²) in [5.41, 5.74) is 2.36. The minimum atomic E-state index is -0.799. The van der Waals surface area contributed by atoms with Crippen LogP contribution in [0.5, 0.6) is 17.2 Å². The van der Waals surface area contributed by atoms with Gasteiger partial charge in [-0.15, -0.1) is 0 Å². The Bertz CT molecular complexity index is 822. The van der Waals surface area contributed by atoms with Gasteiger partial charge >= 0.3 is 6.48 Å². The molecule has 0 unspecified atom stereocenters. The monoisotopic (exact) mass is 400 g/mol. The number of hydrogen-bond donors (Lipinski definition) is 0. The molecule has 29 heavy (non-hydrogen) atoms. The lowest BCUT2D eigenvalue weighted by molar-refractivity contribution is -0.219. The fourth-order valence-electron chi connectivity index (χ4n) is 2.93. The number of carbonyl (C=O) groups is 1. The van der Waals surface area contributed by atoms with E-state index < -0.39 is 6.48 Å². The third-order valence-electron chi connectivity index (χ3n) is 4.34. The lowest BCUT2D eigenvalue weighted by Crippen LogP contribution is -2.20. The standard InChI is InChI=1S/C23H28O6/c1-6-7-17-10-15-21(25-2)19(22(17)26-3)13-14-20(24)16-8-11-18(12-9-16)29-23(27-4)28-5/h8-15,23H,6-7H2,1-5H3/b14-13+. The largest absolute Gasteiger partial charge is 0.496 e. The van der Waals surface area contributed by atoms with Crippen molar-refractivity contribution in [2.24, 2.45) is 0 Å². The zero-order valence-corrected chi connectivity index (χ0v) is 17.6.